The molecule has 0 atom stereocenters. The molecule has 1 saturated heterocycles. The molecule has 0 radical (unpaired) electrons. The van der Waals surface area contributed by atoms with Crippen molar-refractivity contribution in [3.8, 4) is 10.6 Å². The van der Waals surface area contributed by atoms with E-state index in [4.69, 9.17) is 0 Å². The van der Waals surface area contributed by atoms with Crippen LogP contribution in [0.4, 0.5) is 5.69 Å². The van der Waals surface area contributed by atoms with E-state index in [0.717, 1.165) is 42.4 Å². The Morgan fingerprint density at radius 3 is 2.58 bits per heavy atom. The summed E-state index contributed by atoms with van der Waals surface area (Å²) in [6.07, 6.45) is 3.91. The number of nitrogens with zero attached hydrogens (tertiary/aromatic N) is 4. The minimum Gasteiger partial charge on any atom is -0.368 e. The monoisotopic (exact) mass is 364 g/mol. The first-order valence-corrected chi connectivity index (χ1v) is 9.60. The highest BCUT2D eigenvalue weighted by Crippen LogP contribution is 2.23. The van der Waals surface area contributed by atoms with E-state index in [0.29, 0.717) is 6.42 Å². The lowest BCUT2D eigenvalue weighted by Crippen LogP contribution is -2.49. The molecular weight excluding hydrogens is 344 g/mol. The third-order valence-corrected chi connectivity index (χ3v) is 5.49. The number of benzene rings is 1. The number of anilines is 1. The standard InChI is InChI=1S/C20H20N4OS/c25-19(13-17-15-26-20(22-17)16-5-4-8-21-14-16)24-11-9-23(10-12-24)18-6-2-1-3-7-18/h1-8,14-15H,9-13H2. The Kier molecular flexibility index (Phi) is 4.93. The number of thiazole rings is 1. The molecule has 0 saturated carbocycles. The van der Waals surface area contributed by atoms with Crippen molar-refractivity contribution in [3.05, 3.63) is 65.9 Å². The fraction of sp³-hybridized carbons (Fsp3) is 0.250. The van der Waals surface area contributed by atoms with Gasteiger partial charge < -0.3 is 9.80 Å². The first kappa shape index (κ1) is 16.7. The molecule has 1 fully saturated rings. The van der Waals surface area contributed by atoms with Gasteiger partial charge in [0.05, 0.1) is 12.1 Å². The fourth-order valence-electron chi connectivity index (χ4n) is 3.13. The lowest BCUT2D eigenvalue weighted by molar-refractivity contribution is -0.130. The van der Waals surface area contributed by atoms with Crippen molar-refractivity contribution >= 4 is 22.9 Å². The highest BCUT2D eigenvalue weighted by Gasteiger charge is 2.22. The molecule has 1 amide bonds. The topological polar surface area (TPSA) is 49.3 Å². The first-order chi connectivity index (χ1) is 12.8. The predicted octanol–water partition coefficient (Wildman–Crippen LogP) is 3.10. The van der Waals surface area contributed by atoms with Gasteiger partial charge in [-0.15, -0.1) is 11.3 Å². The molecular formula is C20H20N4OS. The van der Waals surface area contributed by atoms with Gasteiger partial charge in [-0.25, -0.2) is 4.98 Å². The molecule has 0 aliphatic carbocycles. The van der Waals surface area contributed by atoms with Crippen molar-refractivity contribution < 1.29 is 4.79 Å². The number of carbonyl (C=O) groups is 1. The van der Waals surface area contributed by atoms with Crippen molar-refractivity contribution in [1.29, 1.82) is 0 Å². The molecule has 0 spiro atoms. The van der Waals surface area contributed by atoms with Crippen LogP contribution in [0.15, 0.2) is 60.2 Å². The summed E-state index contributed by atoms with van der Waals surface area (Å²) in [7, 11) is 0. The number of hydrogen-bond donors (Lipinski definition) is 0. The van der Waals surface area contributed by atoms with Gasteiger partial charge in [0.1, 0.15) is 5.01 Å². The second-order valence-electron chi connectivity index (χ2n) is 6.27. The van der Waals surface area contributed by atoms with E-state index < -0.39 is 0 Å². The average molecular weight is 364 g/mol. The minimum absolute atomic E-state index is 0.153. The van der Waals surface area contributed by atoms with Crippen LogP contribution in [-0.2, 0) is 11.2 Å². The largest absolute Gasteiger partial charge is 0.368 e. The molecule has 1 aliphatic rings. The fourth-order valence-corrected chi connectivity index (χ4v) is 3.94. The molecule has 132 valence electrons. The van der Waals surface area contributed by atoms with Crippen molar-refractivity contribution in [2.75, 3.05) is 31.1 Å². The molecule has 0 unspecified atom stereocenters. The molecule has 3 aromatic rings. The van der Waals surface area contributed by atoms with Crippen molar-refractivity contribution in [3.63, 3.8) is 0 Å². The van der Waals surface area contributed by atoms with Gasteiger partial charge in [0, 0.05) is 55.2 Å². The van der Waals surface area contributed by atoms with Crippen LogP contribution in [0.25, 0.3) is 10.6 Å². The van der Waals surface area contributed by atoms with Crippen LogP contribution in [0.1, 0.15) is 5.69 Å². The number of carbonyl (C=O) groups excluding carboxylic acids is 1. The predicted molar refractivity (Wildman–Crippen MR) is 104 cm³/mol. The number of rotatable bonds is 4. The van der Waals surface area contributed by atoms with Gasteiger partial charge in [-0.2, -0.15) is 0 Å². The van der Waals surface area contributed by atoms with E-state index in [1.807, 2.05) is 28.5 Å². The SMILES string of the molecule is O=C(Cc1csc(-c2cccnc2)n1)N1CCN(c2ccccc2)CC1. The summed E-state index contributed by atoms with van der Waals surface area (Å²) in [5.74, 6) is 0.153. The van der Waals surface area contributed by atoms with Crippen LogP contribution < -0.4 is 4.90 Å². The molecule has 4 rings (SSSR count). The summed E-state index contributed by atoms with van der Waals surface area (Å²) in [4.78, 5) is 25.6. The van der Waals surface area contributed by atoms with Crippen molar-refractivity contribution in [1.82, 2.24) is 14.9 Å². The Morgan fingerprint density at radius 1 is 1.04 bits per heavy atom. The van der Waals surface area contributed by atoms with E-state index in [2.05, 4.69) is 39.1 Å². The number of aromatic nitrogens is 2. The Labute approximate surface area is 156 Å². The average Bonchev–Trinajstić information content (AvgIpc) is 3.18. The molecule has 2 aromatic heterocycles. The summed E-state index contributed by atoms with van der Waals surface area (Å²) in [6, 6.07) is 14.2. The quantitative estimate of drug-likeness (QED) is 0.714. The maximum Gasteiger partial charge on any atom is 0.228 e. The van der Waals surface area contributed by atoms with Crippen LogP contribution in [0.5, 0.6) is 0 Å². The van der Waals surface area contributed by atoms with Crippen LogP contribution in [0.2, 0.25) is 0 Å². The second-order valence-corrected chi connectivity index (χ2v) is 7.12. The molecule has 6 heteroatoms. The summed E-state index contributed by atoms with van der Waals surface area (Å²) in [6.45, 7) is 3.25. The number of para-hydroxylation sites is 1. The minimum atomic E-state index is 0.153. The molecule has 26 heavy (non-hydrogen) atoms. The zero-order valence-corrected chi connectivity index (χ0v) is 15.2. The molecule has 3 heterocycles. The van der Waals surface area contributed by atoms with Gasteiger partial charge in [0.15, 0.2) is 0 Å². The second kappa shape index (κ2) is 7.66. The Hall–Kier alpha value is -2.73. The summed E-state index contributed by atoms with van der Waals surface area (Å²) < 4.78 is 0. The Morgan fingerprint density at radius 2 is 1.85 bits per heavy atom. The molecule has 1 aliphatic heterocycles. The number of pyridine rings is 1. The van der Waals surface area contributed by atoms with Crippen LogP contribution >= 0.6 is 11.3 Å². The molecule has 0 bridgehead atoms. The highest BCUT2D eigenvalue weighted by molar-refractivity contribution is 7.13. The lowest BCUT2D eigenvalue weighted by Gasteiger charge is -2.36. The van der Waals surface area contributed by atoms with Crippen molar-refractivity contribution in [2.24, 2.45) is 0 Å². The van der Waals surface area contributed by atoms with Crippen LogP contribution in [0, 0.1) is 0 Å². The zero-order valence-electron chi connectivity index (χ0n) is 14.4. The van der Waals surface area contributed by atoms with Crippen molar-refractivity contribution in [2.45, 2.75) is 6.42 Å². The number of amides is 1. The lowest BCUT2D eigenvalue weighted by atomic mass is 10.2. The number of hydrogen-bond acceptors (Lipinski definition) is 5. The van der Waals surface area contributed by atoms with Crippen LogP contribution in [-0.4, -0.2) is 47.0 Å². The smallest absolute Gasteiger partial charge is 0.228 e. The third-order valence-electron chi connectivity index (χ3n) is 4.55. The van der Waals surface area contributed by atoms with E-state index in [-0.39, 0.29) is 5.91 Å². The summed E-state index contributed by atoms with van der Waals surface area (Å²) >= 11 is 1.56. The van der Waals surface area contributed by atoms with Crippen LogP contribution in [0.3, 0.4) is 0 Å². The zero-order chi connectivity index (χ0) is 17.8. The molecule has 0 N–H and O–H groups in total. The highest BCUT2D eigenvalue weighted by atomic mass is 32.1. The van der Waals surface area contributed by atoms with Gasteiger partial charge in [-0.1, -0.05) is 18.2 Å². The van der Waals surface area contributed by atoms with Gasteiger partial charge in [0.2, 0.25) is 5.91 Å². The molecule has 1 aromatic carbocycles. The maximum absolute atomic E-state index is 12.6. The first-order valence-electron chi connectivity index (χ1n) is 8.72. The maximum atomic E-state index is 12.6. The van der Waals surface area contributed by atoms with Gasteiger partial charge >= 0.3 is 0 Å². The normalized spacial score (nSPS) is 14.5. The summed E-state index contributed by atoms with van der Waals surface area (Å²) in [5, 5.41) is 2.88. The summed E-state index contributed by atoms with van der Waals surface area (Å²) in [5.41, 5.74) is 3.05. The third kappa shape index (κ3) is 3.75. The van der Waals surface area contributed by atoms with Gasteiger partial charge in [0.25, 0.3) is 0 Å². The Bertz CT molecular complexity index is 858. The van der Waals surface area contributed by atoms with Gasteiger partial charge in [-0.05, 0) is 24.3 Å². The van der Waals surface area contributed by atoms with Gasteiger partial charge in [-0.3, -0.25) is 9.78 Å². The number of piperazine rings is 1. The van der Waals surface area contributed by atoms with E-state index in [1.165, 1.54) is 5.69 Å². The molecule has 5 nitrogen and oxygen atoms in total. The van der Waals surface area contributed by atoms with E-state index in [1.54, 1.807) is 23.7 Å². The van der Waals surface area contributed by atoms with E-state index >= 15 is 0 Å². The van der Waals surface area contributed by atoms with E-state index in [9.17, 15) is 4.79 Å². The Balaban J connectivity index is 1.34.